The van der Waals surface area contributed by atoms with Crippen molar-refractivity contribution < 1.29 is 4.79 Å². The first-order valence-corrected chi connectivity index (χ1v) is 5.78. The molecule has 0 N–H and O–H groups in total. The molecule has 0 saturated heterocycles. The Bertz CT molecular complexity index is 309. The number of Topliss-reactive ketones (excluding diaryl/α,β-unsaturated/α-hetero) is 1. The van der Waals surface area contributed by atoms with Crippen molar-refractivity contribution in [3.63, 3.8) is 0 Å². The molecule has 0 bridgehead atoms. The molecule has 0 aromatic carbocycles. The summed E-state index contributed by atoms with van der Waals surface area (Å²) < 4.78 is 0. The van der Waals surface area contributed by atoms with E-state index in [1.54, 1.807) is 6.92 Å². The summed E-state index contributed by atoms with van der Waals surface area (Å²) in [7, 11) is 0. The van der Waals surface area contributed by atoms with Gasteiger partial charge in [0.2, 0.25) is 0 Å². The predicted octanol–water partition coefficient (Wildman–Crippen LogP) is 3.76. The van der Waals surface area contributed by atoms with Crippen molar-refractivity contribution in [3.05, 3.63) is 23.3 Å². The van der Waals surface area contributed by atoms with Crippen LogP contribution < -0.4 is 0 Å². The quantitative estimate of drug-likeness (QED) is 0.496. The molecule has 84 valence electrons. The maximum atomic E-state index is 11.2. The van der Waals surface area contributed by atoms with E-state index >= 15 is 0 Å². The van der Waals surface area contributed by atoms with E-state index < -0.39 is 0 Å². The molecule has 0 spiro atoms. The predicted molar refractivity (Wildman–Crippen MR) is 64.6 cm³/mol. The molecular weight excluding hydrogens is 184 g/mol. The molecule has 0 heterocycles. The first-order chi connectivity index (χ1) is 6.91. The van der Waals surface area contributed by atoms with Crippen LogP contribution in [0.3, 0.4) is 0 Å². The van der Waals surface area contributed by atoms with Crippen molar-refractivity contribution in [2.75, 3.05) is 0 Å². The zero-order chi connectivity index (χ0) is 11.6. The van der Waals surface area contributed by atoms with Crippen LogP contribution in [0.1, 0.15) is 41.0 Å². The van der Waals surface area contributed by atoms with Crippen LogP contribution >= 0.6 is 0 Å². The third-order valence-corrected chi connectivity index (χ3v) is 3.45. The van der Waals surface area contributed by atoms with Crippen molar-refractivity contribution in [3.8, 4) is 0 Å². The number of hydrogen-bond donors (Lipinski definition) is 0. The van der Waals surface area contributed by atoms with Crippen LogP contribution in [0.5, 0.6) is 0 Å². The van der Waals surface area contributed by atoms with Crippen LogP contribution in [0.15, 0.2) is 23.3 Å². The van der Waals surface area contributed by atoms with Crippen LogP contribution in [-0.2, 0) is 4.79 Å². The molecule has 15 heavy (non-hydrogen) atoms. The fourth-order valence-electron chi connectivity index (χ4n) is 2.51. The molecule has 1 aliphatic rings. The second kappa shape index (κ2) is 4.78. The van der Waals surface area contributed by atoms with Gasteiger partial charge in [-0.2, -0.15) is 0 Å². The highest BCUT2D eigenvalue weighted by molar-refractivity contribution is 5.92. The minimum atomic E-state index is 0.195. The first-order valence-electron chi connectivity index (χ1n) is 5.78. The number of carbonyl (C=O) groups is 1. The number of ketones is 1. The van der Waals surface area contributed by atoms with Crippen molar-refractivity contribution in [2.24, 2.45) is 17.8 Å². The van der Waals surface area contributed by atoms with Gasteiger partial charge >= 0.3 is 0 Å². The summed E-state index contributed by atoms with van der Waals surface area (Å²) >= 11 is 0. The van der Waals surface area contributed by atoms with Crippen LogP contribution in [0, 0.1) is 17.8 Å². The van der Waals surface area contributed by atoms with Gasteiger partial charge in [-0.1, -0.05) is 31.6 Å². The third kappa shape index (κ3) is 3.05. The molecule has 0 saturated carbocycles. The monoisotopic (exact) mass is 206 g/mol. The summed E-state index contributed by atoms with van der Waals surface area (Å²) in [6, 6.07) is 0. The summed E-state index contributed by atoms with van der Waals surface area (Å²) in [6.07, 6.45) is 5.67. The lowest BCUT2D eigenvalue weighted by atomic mass is 9.74. The molecule has 1 rings (SSSR count). The smallest absolute Gasteiger partial charge is 0.155 e. The van der Waals surface area contributed by atoms with E-state index in [2.05, 4.69) is 32.9 Å². The molecule has 0 radical (unpaired) electrons. The van der Waals surface area contributed by atoms with E-state index in [1.807, 2.05) is 6.92 Å². The lowest BCUT2D eigenvalue weighted by Gasteiger charge is -2.31. The highest BCUT2D eigenvalue weighted by Gasteiger charge is 2.25. The molecular formula is C14H22O. The van der Waals surface area contributed by atoms with Gasteiger partial charge in [-0.15, -0.1) is 0 Å². The Morgan fingerprint density at radius 3 is 2.47 bits per heavy atom. The summed E-state index contributed by atoms with van der Waals surface area (Å²) in [5.41, 5.74) is 2.40. The molecule has 0 amide bonds. The number of carbonyl (C=O) groups excluding carboxylic acids is 1. The largest absolute Gasteiger partial charge is 0.295 e. The first kappa shape index (κ1) is 12.2. The van der Waals surface area contributed by atoms with Gasteiger partial charge in [0.15, 0.2) is 5.78 Å². The van der Waals surface area contributed by atoms with E-state index in [9.17, 15) is 4.79 Å². The van der Waals surface area contributed by atoms with Crippen LogP contribution in [0.2, 0.25) is 0 Å². The lowest BCUT2D eigenvalue weighted by molar-refractivity contribution is -0.113. The van der Waals surface area contributed by atoms with Gasteiger partial charge in [0.25, 0.3) is 0 Å². The SMILES string of the molecule is CC(=O)C(C)=CC1C(C)C=C(C)CC1C. The summed E-state index contributed by atoms with van der Waals surface area (Å²) in [5.74, 6) is 1.93. The van der Waals surface area contributed by atoms with Gasteiger partial charge < -0.3 is 0 Å². The Balaban J connectivity index is 2.87. The zero-order valence-electron chi connectivity index (χ0n) is 10.5. The van der Waals surface area contributed by atoms with E-state index in [-0.39, 0.29) is 5.78 Å². The lowest BCUT2D eigenvalue weighted by Crippen LogP contribution is -2.22. The highest BCUT2D eigenvalue weighted by Crippen LogP contribution is 2.34. The van der Waals surface area contributed by atoms with E-state index in [4.69, 9.17) is 0 Å². The van der Waals surface area contributed by atoms with Gasteiger partial charge in [0.1, 0.15) is 0 Å². The van der Waals surface area contributed by atoms with E-state index in [1.165, 1.54) is 5.57 Å². The van der Waals surface area contributed by atoms with Crippen molar-refractivity contribution >= 4 is 5.78 Å². The third-order valence-electron chi connectivity index (χ3n) is 3.45. The normalized spacial score (nSPS) is 32.5. The number of rotatable bonds is 2. The van der Waals surface area contributed by atoms with E-state index in [0.717, 1.165) is 12.0 Å². The average molecular weight is 206 g/mol. The molecule has 3 unspecified atom stereocenters. The molecule has 1 aliphatic carbocycles. The molecule has 0 aromatic rings. The Morgan fingerprint density at radius 2 is 2.00 bits per heavy atom. The van der Waals surface area contributed by atoms with Gasteiger partial charge in [-0.05, 0) is 50.5 Å². The maximum absolute atomic E-state index is 11.2. The minimum Gasteiger partial charge on any atom is -0.295 e. The van der Waals surface area contributed by atoms with Gasteiger partial charge in [0, 0.05) is 0 Å². The highest BCUT2D eigenvalue weighted by atomic mass is 16.1. The summed E-state index contributed by atoms with van der Waals surface area (Å²) in [6.45, 7) is 10.3. The van der Waals surface area contributed by atoms with E-state index in [0.29, 0.717) is 17.8 Å². The molecule has 1 nitrogen and oxygen atoms in total. The van der Waals surface area contributed by atoms with Crippen LogP contribution in [0.4, 0.5) is 0 Å². The average Bonchev–Trinajstić information content (AvgIpc) is 2.10. The Kier molecular flexibility index (Phi) is 3.90. The number of allylic oxidation sites excluding steroid dienone is 4. The summed E-state index contributed by atoms with van der Waals surface area (Å²) in [5, 5.41) is 0. The Morgan fingerprint density at radius 1 is 1.40 bits per heavy atom. The number of hydrogen-bond acceptors (Lipinski definition) is 1. The van der Waals surface area contributed by atoms with Gasteiger partial charge in [-0.3, -0.25) is 4.79 Å². The second-order valence-corrected chi connectivity index (χ2v) is 5.04. The summed E-state index contributed by atoms with van der Waals surface area (Å²) in [4.78, 5) is 11.2. The van der Waals surface area contributed by atoms with Crippen molar-refractivity contribution in [1.29, 1.82) is 0 Å². The molecule has 0 aromatic heterocycles. The fourth-order valence-corrected chi connectivity index (χ4v) is 2.51. The Labute approximate surface area is 93.3 Å². The van der Waals surface area contributed by atoms with Crippen molar-refractivity contribution in [1.82, 2.24) is 0 Å². The topological polar surface area (TPSA) is 17.1 Å². The fraction of sp³-hybridized carbons (Fsp3) is 0.643. The standard InChI is InChI=1S/C14H22O/c1-9-6-11(3)14(12(4)7-9)8-10(2)13(5)15/h6,8,11-12,14H,7H2,1-5H3. The van der Waals surface area contributed by atoms with Gasteiger partial charge in [0.05, 0.1) is 0 Å². The molecule has 1 heteroatoms. The minimum absolute atomic E-state index is 0.195. The zero-order valence-corrected chi connectivity index (χ0v) is 10.5. The second-order valence-electron chi connectivity index (χ2n) is 5.04. The van der Waals surface area contributed by atoms with Crippen LogP contribution in [-0.4, -0.2) is 5.78 Å². The van der Waals surface area contributed by atoms with Gasteiger partial charge in [-0.25, -0.2) is 0 Å². The maximum Gasteiger partial charge on any atom is 0.155 e. The van der Waals surface area contributed by atoms with Crippen LogP contribution in [0.25, 0.3) is 0 Å². The molecule has 3 atom stereocenters. The Hall–Kier alpha value is -0.850. The molecule has 0 aliphatic heterocycles. The molecule has 0 fully saturated rings. The van der Waals surface area contributed by atoms with Crippen molar-refractivity contribution in [2.45, 2.75) is 41.0 Å².